The highest BCUT2D eigenvalue weighted by Gasteiger charge is 2.26. The van der Waals surface area contributed by atoms with Crippen LogP contribution in [0.15, 0.2) is 47.4 Å². The van der Waals surface area contributed by atoms with Crippen molar-refractivity contribution >= 4 is 32.7 Å². The third kappa shape index (κ3) is 4.22. The Morgan fingerprint density at radius 2 is 1.87 bits per heavy atom. The monoisotopic (exact) mass is 427 g/mol. The number of hydrogen-bond acceptors (Lipinski definition) is 5. The maximum Gasteiger partial charge on any atom is 0.243 e. The molecule has 3 aromatic rings. The Morgan fingerprint density at radius 3 is 2.63 bits per heavy atom. The molecular formula is C21H25N5O3S. The summed E-state index contributed by atoms with van der Waals surface area (Å²) in [6, 6.07) is 12.5. The lowest BCUT2D eigenvalue weighted by atomic mass is 10.2. The summed E-state index contributed by atoms with van der Waals surface area (Å²) in [6.45, 7) is 3.41. The van der Waals surface area contributed by atoms with Crippen LogP contribution in [0.3, 0.4) is 0 Å². The number of para-hydroxylation sites is 1. The predicted molar refractivity (Wildman–Crippen MR) is 115 cm³/mol. The van der Waals surface area contributed by atoms with Crippen LogP contribution in [0.5, 0.6) is 0 Å². The molecule has 0 bridgehead atoms. The number of nitrogens with one attached hydrogen (secondary N) is 1. The zero-order valence-electron chi connectivity index (χ0n) is 16.9. The summed E-state index contributed by atoms with van der Waals surface area (Å²) in [5.41, 5.74) is 3.00. The first-order chi connectivity index (χ1) is 14.4. The lowest BCUT2D eigenvalue weighted by Gasteiger charge is -2.25. The van der Waals surface area contributed by atoms with Gasteiger partial charge in [-0.3, -0.25) is 4.79 Å². The number of anilines is 1. The Kier molecular flexibility index (Phi) is 5.83. The fourth-order valence-electron chi connectivity index (χ4n) is 3.67. The van der Waals surface area contributed by atoms with Gasteiger partial charge in [0.15, 0.2) is 0 Å². The van der Waals surface area contributed by atoms with E-state index >= 15 is 0 Å². The van der Waals surface area contributed by atoms with E-state index in [1.165, 1.54) is 4.31 Å². The summed E-state index contributed by atoms with van der Waals surface area (Å²) in [7, 11) is -3.52. The van der Waals surface area contributed by atoms with Gasteiger partial charge in [-0.15, -0.1) is 5.10 Å². The van der Waals surface area contributed by atoms with Crippen LogP contribution in [0, 0.1) is 6.92 Å². The Balaban J connectivity index is 1.46. The third-order valence-electron chi connectivity index (χ3n) is 5.41. The number of carbonyl (C=O) groups excluding carboxylic acids is 1. The summed E-state index contributed by atoms with van der Waals surface area (Å²) in [5, 5.41) is 11.1. The van der Waals surface area contributed by atoms with Crippen molar-refractivity contribution in [1.82, 2.24) is 19.3 Å². The van der Waals surface area contributed by atoms with E-state index in [2.05, 4.69) is 15.6 Å². The van der Waals surface area contributed by atoms with E-state index < -0.39 is 10.0 Å². The van der Waals surface area contributed by atoms with Crippen LogP contribution < -0.4 is 5.32 Å². The minimum absolute atomic E-state index is 0.114. The first kappa shape index (κ1) is 20.5. The minimum atomic E-state index is -3.52. The molecule has 0 saturated carbocycles. The standard InChI is InChI=1S/C21H25N5O3S/c1-16-7-3-4-8-18(16)22-21(27)11-14-26-20-10-9-17(15-19(20)23-24-26)30(28,29)25-12-5-2-6-13-25/h3-4,7-10,15H,2,5-6,11-14H2,1H3,(H,22,27). The van der Waals surface area contributed by atoms with Gasteiger partial charge >= 0.3 is 0 Å². The number of aryl methyl sites for hydroxylation is 2. The molecule has 1 fully saturated rings. The molecule has 158 valence electrons. The molecule has 30 heavy (non-hydrogen) atoms. The molecule has 0 unspecified atom stereocenters. The molecule has 1 aliphatic heterocycles. The molecule has 2 heterocycles. The van der Waals surface area contributed by atoms with Crippen LogP contribution in [0.1, 0.15) is 31.2 Å². The van der Waals surface area contributed by atoms with Crippen molar-refractivity contribution in [3.05, 3.63) is 48.0 Å². The van der Waals surface area contributed by atoms with E-state index in [4.69, 9.17) is 0 Å². The van der Waals surface area contributed by atoms with Gasteiger partial charge in [-0.25, -0.2) is 13.1 Å². The number of nitrogens with zero attached hydrogens (tertiary/aromatic N) is 4. The van der Waals surface area contributed by atoms with Gasteiger partial charge in [0.2, 0.25) is 15.9 Å². The summed E-state index contributed by atoms with van der Waals surface area (Å²) < 4.78 is 28.9. The SMILES string of the molecule is Cc1ccccc1NC(=O)CCn1nnc2cc(S(=O)(=O)N3CCCCC3)ccc21. The molecule has 0 atom stereocenters. The van der Waals surface area contributed by atoms with E-state index in [1.807, 2.05) is 31.2 Å². The largest absolute Gasteiger partial charge is 0.326 e. The maximum atomic E-state index is 12.9. The summed E-state index contributed by atoms with van der Waals surface area (Å²) >= 11 is 0. The number of amides is 1. The van der Waals surface area contributed by atoms with E-state index in [1.54, 1.807) is 22.9 Å². The highest BCUT2D eigenvalue weighted by atomic mass is 32.2. The second-order valence-corrected chi connectivity index (χ2v) is 9.48. The number of hydrogen-bond donors (Lipinski definition) is 1. The molecule has 0 radical (unpaired) electrons. The number of carbonyl (C=O) groups is 1. The molecule has 1 aromatic heterocycles. The van der Waals surface area contributed by atoms with Crippen LogP contribution in [-0.2, 0) is 21.4 Å². The van der Waals surface area contributed by atoms with E-state index in [-0.39, 0.29) is 17.2 Å². The summed E-state index contributed by atoms with van der Waals surface area (Å²) in [5.74, 6) is -0.114. The molecule has 8 nitrogen and oxygen atoms in total. The van der Waals surface area contributed by atoms with Crippen molar-refractivity contribution in [3.8, 4) is 0 Å². The third-order valence-corrected chi connectivity index (χ3v) is 7.30. The lowest BCUT2D eigenvalue weighted by molar-refractivity contribution is -0.116. The molecule has 0 aliphatic carbocycles. The quantitative estimate of drug-likeness (QED) is 0.652. The zero-order chi connectivity index (χ0) is 21.1. The topological polar surface area (TPSA) is 97.2 Å². The zero-order valence-corrected chi connectivity index (χ0v) is 17.7. The number of fused-ring (bicyclic) bond motifs is 1. The summed E-state index contributed by atoms with van der Waals surface area (Å²) in [6.07, 6.45) is 3.09. The Labute approximate surface area is 175 Å². The molecule has 1 N–H and O–H groups in total. The van der Waals surface area contributed by atoms with Gasteiger partial charge in [0.1, 0.15) is 5.52 Å². The van der Waals surface area contributed by atoms with Gasteiger partial charge in [0.25, 0.3) is 0 Å². The number of piperidine rings is 1. The molecular weight excluding hydrogens is 402 g/mol. The van der Waals surface area contributed by atoms with Crippen molar-refractivity contribution in [2.24, 2.45) is 0 Å². The van der Waals surface area contributed by atoms with Crippen molar-refractivity contribution < 1.29 is 13.2 Å². The number of benzene rings is 2. The first-order valence-electron chi connectivity index (χ1n) is 10.1. The molecule has 4 rings (SSSR count). The van der Waals surface area contributed by atoms with Gasteiger partial charge in [0.05, 0.1) is 17.0 Å². The molecule has 2 aromatic carbocycles. The average Bonchev–Trinajstić information content (AvgIpc) is 3.17. The molecule has 1 aliphatic rings. The number of aromatic nitrogens is 3. The fraction of sp³-hybridized carbons (Fsp3) is 0.381. The average molecular weight is 428 g/mol. The van der Waals surface area contributed by atoms with Gasteiger partial charge in [-0.2, -0.15) is 4.31 Å². The van der Waals surface area contributed by atoms with Gasteiger partial charge in [-0.05, 0) is 49.6 Å². The summed E-state index contributed by atoms with van der Waals surface area (Å²) in [4.78, 5) is 12.5. The van der Waals surface area contributed by atoms with Crippen LogP contribution in [0.4, 0.5) is 5.69 Å². The normalized spacial score (nSPS) is 15.4. The Hall–Kier alpha value is -2.78. The Morgan fingerprint density at radius 1 is 1.10 bits per heavy atom. The highest BCUT2D eigenvalue weighted by molar-refractivity contribution is 7.89. The van der Waals surface area contributed by atoms with Crippen LogP contribution >= 0.6 is 0 Å². The molecule has 1 amide bonds. The molecule has 9 heteroatoms. The predicted octanol–water partition coefficient (Wildman–Crippen LogP) is 2.94. The van der Waals surface area contributed by atoms with Gasteiger partial charge < -0.3 is 5.32 Å². The van der Waals surface area contributed by atoms with Gasteiger partial charge in [0, 0.05) is 25.2 Å². The van der Waals surface area contributed by atoms with E-state index in [0.29, 0.717) is 30.7 Å². The first-order valence-corrected chi connectivity index (χ1v) is 11.6. The smallest absolute Gasteiger partial charge is 0.243 e. The second kappa shape index (κ2) is 8.53. The van der Waals surface area contributed by atoms with E-state index in [0.717, 1.165) is 30.5 Å². The molecule has 0 spiro atoms. The molecule has 1 saturated heterocycles. The van der Waals surface area contributed by atoms with Crippen molar-refractivity contribution in [2.45, 2.75) is 44.0 Å². The van der Waals surface area contributed by atoms with Crippen molar-refractivity contribution in [1.29, 1.82) is 0 Å². The van der Waals surface area contributed by atoms with Crippen LogP contribution in [-0.4, -0.2) is 46.7 Å². The number of sulfonamides is 1. The van der Waals surface area contributed by atoms with Crippen LogP contribution in [0.2, 0.25) is 0 Å². The Bertz CT molecular complexity index is 1170. The maximum absolute atomic E-state index is 12.9. The van der Waals surface area contributed by atoms with Crippen molar-refractivity contribution in [3.63, 3.8) is 0 Å². The van der Waals surface area contributed by atoms with E-state index in [9.17, 15) is 13.2 Å². The highest BCUT2D eigenvalue weighted by Crippen LogP contribution is 2.23. The van der Waals surface area contributed by atoms with Gasteiger partial charge in [-0.1, -0.05) is 29.8 Å². The second-order valence-electron chi connectivity index (χ2n) is 7.54. The lowest BCUT2D eigenvalue weighted by Crippen LogP contribution is -2.35. The number of rotatable bonds is 6. The fourth-order valence-corrected chi connectivity index (χ4v) is 5.20. The minimum Gasteiger partial charge on any atom is -0.326 e. The van der Waals surface area contributed by atoms with Crippen molar-refractivity contribution in [2.75, 3.05) is 18.4 Å². The van der Waals surface area contributed by atoms with Crippen LogP contribution in [0.25, 0.3) is 11.0 Å².